The first-order valence-electron chi connectivity index (χ1n) is 5.34. The van der Waals surface area contributed by atoms with E-state index in [0.717, 1.165) is 25.7 Å². The molecule has 0 aromatic rings. The molecule has 0 amide bonds. The molecule has 1 saturated carbocycles. The Kier molecular flexibility index (Phi) is 4.75. The molecule has 2 nitrogen and oxygen atoms in total. The van der Waals surface area contributed by atoms with Gasteiger partial charge in [-0.25, -0.2) is 8.78 Å². The van der Waals surface area contributed by atoms with E-state index in [0.29, 0.717) is 6.54 Å². The van der Waals surface area contributed by atoms with Gasteiger partial charge in [-0.1, -0.05) is 6.92 Å². The molecule has 1 aliphatic carbocycles. The molecule has 4 heteroatoms. The Labute approximate surface area is 84.0 Å². The Bertz CT molecular complexity index is 160. The summed E-state index contributed by atoms with van der Waals surface area (Å²) in [5.74, 6) is -2.72. The lowest BCUT2D eigenvalue weighted by molar-refractivity contribution is -0.113. The number of halogens is 2. The van der Waals surface area contributed by atoms with E-state index in [1.54, 1.807) is 0 Å². The van der Waals surface area contributed by atoms with Crippen molar-refractivity contribution in [2.24, 2.45) is 0 Å². The highest BCUT2D eigenvalue weighted by molar-refractivity contribution is 4.73. The van der Waals surface area contributed by atoms with Crippen molar-refractivity contribution in [2.45, 2.75) is 44.6 Å². The van der Waals surface area contributed by atoms with Crippen molar-refractivity contribution < 1.29 is 13.5 Å². The fourth-order valence-electron chi connectivity index (χ4n) is 1.28. The average molecular weight is 207 g/mol. The Morgan fingerprint density at radius 2 is 2.14 bits per heavy atom. The minimum atomic E-state index is -2.72. The van der Waals surface area contributed by atoms with E-state index in [2.05, 4.69) is 5.32 Å². The summed E-state index contributed by atoms with van der Waals surface area (Å²) < 4.78 is 31.2. The van der Waals surface area contributed by atoms with Gasteiger partial charge in [0.05, 0.1) is 12.6 Å². The molecule has 0 aromatic carbocycles. The topological polar surface area (TPSA) is 21.3 Å². The van der Waals surface area contributed by atoms with E-state index in [1.807, 2.05) is 6.92 Å². The van der Waals surface area contributed by atoms with Gasteiger partial charge < -0.3 is 10.1 Å². The lowest BCUT2D eigenvalue weighted by atomic mass is 9.96. The third-order valence-electron chi connectivity index (χ3n) is 2.39. The van der Waals surface area contributed by atoms with Crippen molar-refractivity contribution in [3.8, 4) is 0 Å². The molecule has 1 rings (SSSR count). The zero-order valence-electron chi connectivity index (χ0n) is 8.69. The predicted octanol–water partition coefficient (Wildman–Crippen LogP) is 2.19. The molecule has 0 aromatic heterocycles. The lowest BCUT2D eigenvalue weighted by Gasteiger charge is -2.27. The van der Waals surface area contributed by atoms with Crippen molar-refractivity contribution in [2.75, 3.05) is 19.7 Å². The molecule has 84 valence electrons. The lowest BCUT2D eigenvalue weighted by Crippen LogP contribution is -2.39. The van der Waals surface area contributed by atoms with Crippen LogP contribution in [0.4, 0.5) is 8.78 Å². The van der Waals surface area contributed by atoms with Crippen LogP contribution in [-0.2, 0) is 4.74 Å². The number of nitrogens with one attached hydrogen (secondary N) is 1. The van der Waals surface area contributed by atoms with Crippen molar-refractivity contribution in [3.63, 3.8) is 0 Å². The molecule has 0 spiro atoms. The first-order valence-corrected chi connectivity index (χ1v) is 5.34. The van der Waals surface area contributed by atoms with E-state index in [9.17, 15) is 8.78 Å². The first-order chi connectivity index (χ1) is 6.64. The standard InChI is InChI=1S/C10H19F2NO/c1-2-6-13-7-10(11,12)8-14-9-4-3-5-9/h9,13H,2-8H2,1H3. The quantitative estimate of drug-likeness (QED) is 0.646. The summed E-state index contributed by atoms with van der Waals surface area (Å²) in [6.45, 7) is 1.89. The van der Waals surface area contributed by atoms with Gasteiger partial charge in [0, 0.05) is 0 Å². The Morgan fingerprint density at radius 1 is 1.43 bits per heavy atom. The van der Waals surface area contributed by atoms with E-state index in [1.165, 1.54) is 0 Å². The van der Waals surface area contributed by atoms with Gasteiger partial charge in [0.2, 0.25) is 0 Å². The maximum atomic E-state index is 13.1. The minimum absolute atomic E-state index is 0.0899. The summed E-state index contributed by atoms with van der Waals surface area (Å²) >= 11 is 0. The van der Waals surface area contributed by atoms with Crippen LogP contribution in [0, 0.1) is 0 Å². The van der Waals surface area contributed by atoms with Crippen LogP contribution >= 0.6 is 0 Å². The van der Waals surface area contributed by atoms with Gasteiger partial charge in [0.15, 0.2) is 0 Å². The smallest absolute Gasteiger partial charge is 0.283 e. The second-order valence-electron chi connectivity index (χ2n) is 3.90. The van der Waals surface area contributed by atoms with Crippen LogP contribution in [0.15, 0.2) is 0 Å². The third kappa shape index (κ3) is 4.33. The van der Waals surface area contributed by atoms with Crippen molar-refractivity contribution in [1.29, 1.82) is 0 Å². The number of hydrogen-bond donors (Lipinski definition) is 1. The van der Waals surface area contributed by atoms with Crippen molar-refractivity contribution in [1.82, 2.24) is 5.32 Å². The highest BCUT2D eigenvalue weighted by Gasteiger charge is 2.31. The first kappa shape index (κ1) is 11.9. The molecule has 14 heavy (non-hydrogen) atoms. The van der Waals surface area contributed by atoms with Crippen molar-refractivity contribution in [3.05, 3.63) is 0 Å². The van der Waals surface area contributed by atoms with Crippen LogP contribution in [0.1, 0.15) is 32.6 Å². The predicted molar refractivity (Wildman–Crippen MR) is 51.7 cm³/mol. The summed E-state index contributed by atoms with van der Waals surface area (Å²) in [6, 6.07) is 0. The fourth-order valence-corrected chi connectivity index (χ4v) is 1.28. The number of rotatable bonds is 7. The van der Waals surface area contributed by atoms with Gasteiger partial charge in [0.1, 0.15) is 6.61 Å². The second-order valence-corrected chi connectivity index (χ2v) is 3.90. The molecule has 0 bridgehead atoms. The molecule has 1 fully saturated rings. The van der Waals surface area contributed by atoms with Crippen LogP contribution in [0.25, 0.3) is 0 Å². The molecular formula is C10H19F2NO. The molecule has 0 radical (unpaired) electrons. The van der Waals surface area contributed by atoms with Crippen LogP contribution in [-0.4, -0.2) is 31.7 Å². The highest BCUT2D eigenvalue weighted by atomic mass is 19.3. The van der Waals surface area contributed by atoms with Crippen molar-refractivity contribution >= 4 is 0 Å². The van der Waals surface area contributed by atoms with Crippen LogP contribution in [0.2, 0.25) is 0 Å². The molecule has 0 saturated heterocycles. The van der Waals surface area contributed by atoms with Gasteiger partial charge >= 0.3 is 0 Å². The third-order valence-corrected chi connectivity index (χ3v) is 2.39. The number of hydrogen-bond acceptors (Lipinski definition) is 2. The summed E-state index contributed by atoms with van der Waals surface area (Å²) in [7, 11) is 0. The minimum Gasteiger partial charge on any atom is -0.372 e. The Morgan fingerprint density at radius 3 is 2.64 bits per heavy atom. The molecular weight excluding hydrogens is 188 g/mol. The summed E-state index contributed by atoms with van der Waals surface area (Å²) in [5, 5.41) is 2.71. The highest BCUT2D eigenvalue weighted by Crippen LogP contribution is 2.24. The average Bonchev–Trinajstić information content (AvgIpc) is 2.01. The maximum absolute atomic E-state index is 13.1. The molecule has 1 aliphatic rings. The van der Waals surface area contributed by atoms with Crippen LogP contribution in [0.5, 0.6) is 0 Å². The maximum Gasteiger partial charge on any atom is 0.283 e. The van der Waals surface area contributed by atoms with Gasteiger partial charge in [-0.3, -0.25) is 0 Å². The van der Waals surface area contributed by atoms with Crippen LogP contribution < -0.4 is 5.32 Å². The zero-order valence-corrected chi connectivity index (χ0v) is 8.69. The SMILES string of the molecule is CCCNCC(F)(F)COC1CCC1. The monoisotopic (exact) mass is 207 g/mol. The number of ether oxygens (including phenoxy) is 1. The fraction of sp³-hybridized carbons (Fsp3) is 1.00. The summed E-state index contributed by atoms with van der Waals surface area (Å²) in [6.07, 6.45) is 3.97. The van der Waals surface area contributed by atoms with Gasteiger partial charge in [-0.05, 0) is 32.2 Å². The van der Waals surface area contributed by atoms with Gasteiger partial charge in [-0.2, -0.15) is 0 Å². The molecule has 0 atom stereocenters. The normalized spacial score (nSPS) is 18.2. The van der Waals surface area contributed by atoms with E-state index >= 15 is 0 Å². The number of alkyl halides is 2. The second kappa shape index (κ2) is 5.61. The largest absolute Gasteiger partial charge is 0.372 e. The Hall–Kier alpha value is -0.220. The molecule has 0 heterocycles. The zero-order chi connectivity index (χ0) is 10.4. The summed E-state index contributed by atoms with van der Waals surface area (Å²) in [5.41, 5.74) is 0. The molecule has 0 aliphatic heterocycles. The Balaban J connectivity index is 2.05. The van der Waals surface area contributed by atoms with Gasteiger partial charge in [0.25, 0.3) is 5.92 Å². The molecule has 1 N–H and O–H groups in total. The van der Waals surface area contributed by atoms with E-state index in [4.69, 9.17) is 4.74 Å². The van der Waals surface area contributed by atoms with E-state index in [-0.39, 0.29) is 12.6 Å². The summed E-state index contributed by atoms with van der Waals surface area (Å²) in [4.78, 5) is 0. The van der Waals surface area contributed by atoms with E-state index < -0.39 is 12.5 Å². The molecule has 0 unspecified atom stereocenters. The van der Waals surface area contributed by atoms with Crippen LogP contribution in [0.3, 0.4) is 0 Å². The van der Waals surface area contributed by atoms with Gasteiger partial charge in [-0.15, -0.1) is 0 Å².